The normalized spacial score (nSPS) is 27.4. The summed E-state index contributed by atoms with van der Waals surface area (Å²) in [5.41, 5.74) is 0.877. The molecule has 1 saturated carbocycles. The summed E-state index contributed by atoms with van der Waals surface area (Å²) in [6, 6.07) is 8.19. The van der Waals surface area contributed by atoms with Crippen LogP contribution in [0.2, 0.25) is 5.02 Å². The van der Waals surface area contributed by atoms with E-state index in [1.165, 1.54) is 0 Å². The lowest BCUT2D eigenvalue weighted by atomic mass is 9.91. The summed E-state index contributed by atoms with van der Waals surface area (Å²) < 4.78 is 0. The van der Waals surface area contributed by atoms with Gasteiger partial charge in [-0.2, -0.15) is 0 Å². The maximum Gasteiger partial charge on any atom is 0.226 e. The molecule has 1 heterocycles. The van der Waals surface area contributed by atoms with Gasteiger partial charge in [0.05, 0.1) is 5.41 Å². The van der Waals surface area contributed by atoms with E-state index >= 15 is 0 Å². The Balaban J connectivity index is 1.63. The van der Waals surface area contributed by atoms with Crippen LogP contribution >= 0.6 is 11.6 Å². The minimum Gasteiger partial charge on any atom is -0.353 e. The standard InChI is InChI=1S/C18H25ClN2O/c1-13-12-21(2)10-7-16(13)20-17(22)18(8-9-18)11-14-5-3-4-6-15(14)19/h3-6,13,16H,7-12H2,1-2H3,(H,20,22)/t13-,16-/m0/s1. The largest absolute Gasteiger partial charge is 0.353 e. The molecule has 1 aromatic rings. The molecule has 22 heavy (non-hydrogen) atoms. The molecule has 2 atom stereocenters. The van der Waals surface area contributed by atoms with E-state index in [1.54, 1.807) is 0 Å². The third-order valence-electron chi connectivity index (χ3n) is 5.25. The molecule has 2 aliphatic rings. The third-order valence-corrected chi connectivity index (χ3v) is 5.62. The molecule has 3 rings (SSSR count). The minimum absolute atomic E-state index is 0.214. The Kier molecular flexibility index (Phi) is 4.47. The van der Waals surface area contributed by atoms with Gasteiger partial charge in [0.2, 0.25) is 5.91 Å². The van der Waals surface area contributed by atoms with E-state index in [0.717, 1.165) is 49.4 Å². The van der Waals surface area contributed by atoms with Crippen molar-refractivity contribution in [3.05, 3.63) is 34.9 Å². The average Bonchev–Trinajstić information content (AvgIpc) is 3.25. The van der Waals surface area contributed by atoms with Gasteiger partial charge in [-0.15, -0.1) is 0 Å². The molecule has 0 spiro atoms. The van der Waals surface area contributed by atoms with Crippen molar-refractivity contribution >= 4 is 17.5 Å². The third kappa shape index (κ3) is 3.31. The molecule has 1 aliphatic carbocycles. The molecule has 1 saturated heterocycles. The van der Waals surface area contributed by atoms with E-state index in [1.807, 2.05) is 24.3 Å². The summed E-state index contributed by atoms with van der Waals surface area (Å²) in [6.07, 6.45) is 3.77. The summed E-state index contributed by atoms with van der Waals surface area (Å²) in [5.74, 6) is 0.743. The number of nitrogens with one attached hydrogen (secondary N) is 1. The Morgan fingerprint density at radius 1 is 1.41 bits per heavy atom. The monoisotopic (exact) mass is 320 g/mol. The number of rotatable bonds is 4. The zero-order chi connectivity index (χ0) is 15.7. The first-order chi connectivity index (χ1) is 10.5. The van der Waals surface area contributed by atoms with Gasteiger partial charge in [-0.3, -0.25) is 4.79 Å². The van der Waals surface area contributed by atoms with Crippen LogP contribution in [0.3, 0.4) is 0 Å². The van der Waals surface area contributed by atoms with Crippen molar-refractivity contribution in [3.8, 4) is 0 Å². The van der Waals surface area contributed by atoms with Gasteiger partial charge >= 0.3 is 0 Å². The van der Waals surface area contributed by atoms with Gasteiger partial charge in [0.15, 0.2) is 0 Å². The lowest BCUT2D eigenvalue weighted by Crippen LogP contribution is -2.50. The highest BCUT2D eigenvalue weighted by Crippen LogP contribution is 2.49. The quantitative estimate of drug-likeness (QED) is 0.924. The fraction of sp³-hybridized carbons (Fsp3) is 0.611. The number of nitrogens with zero attached hydrogens (tertiary/aromatic N) is 1. The maximum absolute atomic E-state index is 12.8. The highest BCUT2D eigenvalue weighted by atomic mass is 35.5. The zero-order valence-electron chi connectivity index (χ0n) is 13.4. The maximum atomic E-state index is 12.8. The molecule has 0 bridgehead atoms. The number of halogens is 1. The Bertz CT molecular complexity index is 556. The molecule has 1 aromatic carbocycles. The Hall–Kier alpha value is -1.06. The lowest BCUT2D eigenvalue weighted by molar-refractivity contribution is -0.127. The van der Waals surface area contributed by atoms with E-state index in [-0.39, 0.29) is 11.3 Å². The topological polar surface area (TPSA) is 32.3 Å². The molecular formula is C18H25ClN2O. The van der Waals surface area contributed by atoms with E-state index in [9.17, 15) is 4.79 Å². The van der Waals surface area contributed by atoms with Crippen molar-refractivity contribution < 1.29 is 4.79 Å². The highest BCUT2D eigenvalue weighted by molar-refractivity contribution is 6.31. The van der Waals surface area contributed by atoms with E-state index in [2.05, 4.69) is 24.2 Å². The lowest BCUT2D eigenvalue weighted by Gasteiger charge is -2.36. The number of amides is 1. The molecule has 0 radical (unpaired) electrons. The van der Waals surface area contributed by atoms with Crippen molar-refractivity contribution in [1.82, 2.24) is 10.2 Å². The predicted molar refractivity (Wildman–Crippen MR) is 90.0 cm³/mol. The molecule has 1 N–H and O–H groups in total. The number of benzene rings is 1. The molecule has 1 amide bonds. The number of hydrogen-bond donors (Lipinski definition) is 1. The van der Waals surface area contributed by atoms with Gasteiger partial charge < -0.3 is 10.2 Å². The zero-order valence-corrected chi connectivity index (χ0v) is 14.2. The first kappa shape index (κ1) is 15.8. The molecular weight excluding hydrogens is 296 g/mol. The van der Waals surface area contributed by atoms with Crippen molar-refractivity contribution in [1.29, 1.82) is 0 Å². The molecule has 0 unspecified atom stereocenters. The molecule has 2 fully saturated rings. The highest BCUT2D eigenvalue weighted by Gasteiger charge is 2.50. The van der Waals surface area contributed by atoms with E-state index < -0.39 is 0 Å². The van der Waals surface area contributed by atoms with Crippen molar-refractivity contribution in [3.63, 3.8) is 0 Å². The number of carbonyl (C=O) groups is 1. The van der Waals surface area contributed by atoms with Crippen molar-refractivity contribution in [2.45, 2.75) is 38.6 Å². The van der Waals surface area contributed by atoms with Gasteiger partial charge in [-0.05, 0) is 56.8 Å². The number of likely N-dealkylation sites (tertiary alicyclic amines) is 1. The van der Waals surface area contributed by atoms with Crippen LogP contribution in [0.25, 0.3) is 0 Å². The van der Waals surface area contributed by atoms with Crippen molar-refractivity contribution in [2.24, 2.45) is 11.3 Å². The average molecular weight is 321 g/mol. The molecule has 120 valence electrons. The predicted octanol–water partition coefficient (Wildman–Crippen LogP) is 3.12. The first-order valence-electron chi connectivity index (χ1n) is 8.23. The van der Waals surface area contributed by atoms with Crippen LogP contribution < -0.4 is 5.32 Å². The number of piperidine rings is 1. The van der Waals surface area contributed by atoms with E-state index in [4.69, 9.17) is 11.6 Å². The summed E-state index contributed by atoms with van der Waals surface area (Å²) in [4.78, 5) is 15.1. The molecule has 3 nitrogen and oxygen atoms in total. The summed E-state index contributed by atoms with van der Waals surface area (Å²) in [6.45, 7) is 4.35. The van der Waals surface area contributed by atoms with Crippen LogP contribution in [-0.2, 0) is 11.2 Å². The molecule has 0 aromatic heterocycles. The van der Waals surface area contributed by atoms with Gasteiger partial charge in [0.1, 0.15) is 0 Å². The summed E-state index contributed by atoms with van der Waals surface area (Å²) >= 11 is 6.26. The molecule has 4 heteroatoms. The first-order valence-corrected chi connectivity index (χ1v) is 8.61. The second-order valence-electron chi connectivity index (χ2n) is 7.16. The van der Waals surface area contributed by atoms with Gasteiger partial charge in [-0.25, -0.2) is 0 Å². The summed E-state index contributed by atoms with van der Waals surface area (Å²) in [7, 11) is 2.15. The second-order valence-corrected chi connectivity index (χ2v) is 7.56. The second kappa shape index (κ2) is 6.21. The van der Waals surface area contributed by atoms with Crippen LogP contribution in [0.15, 0.2) is 24.3 Å². The fourth-order valence-corrected chi connectivity index (χ4v) is 3.73. The fourth-order valence-electron chi connectivity index (χ4n) is 3.53. The smallest absolute Gasteiger partial charge is 0.226 e. The number of hydrogen-bond acceptors (Lipinski definition) is 2. The van der Waals surface area contributed by atoms with Gasteiger partial charge in [0.25, 0.3) is 0 Å². The Morgan fingerprint density at radius 2 is 2.14 bits per heavy atom. The van der Waals surface area contributed by atoms with Gasteiger partial charge in [0, 0.05) is 17.6 Å². The van der Waals surface area contributed by atoms with Crippen LogP contribution in [0.1, 0.15) is 31.7 Å². The summed E-state index contributed by atoms with van der Waals surface area (Å²) in [5, 5.41) is 4.10. The van der Waals surface area contributed by atoms with Crippen molar-refractivity contribution in [2.75, 3.05) is 20.1 Å². The van der Waals surface area contributed by atoms with Crippen LogP contribution in [0.4, 0.5) is 0 Å². The Morgan fingerprint density at radius 3 is 2.77 bits per heavy atom. The van der Waals surface area contributed by atoms with Crippen LogP contribution in [-0.4, -0.2) is 37.0 Å². The SMILES string of the molecule is C[C@H]1CN(C)CC[C@@H]1NC(=O)C1(Cc2ccccc2Cl)CC1. The molecule has 1 aliphatic heterocycles. The number of carbonyl (C=O) groups excluding carboxylic acids is 1. The van der Waals surface area contributed by atoms with E-state index in [0.29, 0.717) is 12.0 Å². The van der Waals surface area contributed by atoms with Crippen LogP contribution in [0.5, 0.6) is 0 Å². The minimum atomic E-state index is -0.214. The van der Waals surface area contributed by atoms with Gasteiger partial charge in [-0.1, -0.05) is 36.7 Å². The van der Waals surface area contributed by atoms with Crippen LogP contribution in [0, 0.1) is 11.3 Å². The Labute approximate surface area is 138 Å².